The summed E-state index contributed by atoms with van der Waals surface area (Å²) in [5, 5.41) is 2.77. The van der Waals surface area contributed by atoms with Crippen molar-refractivity contribution in [3.8, 4) is 5.75 Å². The van der Waals surface area contributed by atoms with Crippen LogP contribution in [0.5, 0.6) is 5.75 Å². The number of likely N-dealkylation sites (tertiary alicyclic amines) is 1. The number of nitrogens with zero attached hydrogens (tertiary/aromatic N) is 2. The lowest BCUT2D eigenvalue weighted by Crippen LogP contribution is -2.42. The number of carbonyl (C=O) groups is 1. The summed E-state index contributed by atoms with van der Waals surface area (Å²) in [5.41, 5.74) is 6.85. The largest absolute Gasteiger partial charge is 0.497 e. The molecule has 2 aliphatic rings. The molecular weight excluding hydrogens is 352 g/mol. The number of urea groups is 1. The number of amidine groups is 1. The Hall–Kier alpha value is -2.08. The van der Waals surface area contributed by atoms with E-state index < -0.39 is 6.03 Å². The van der Waals surface area contributed by atoms with Crippen molar-refractivity contribution < 1.29 is 9.53 Å². The van der Waals surface area contributed by atoms with Gasteiger partial charge in [0.25, 0.3) is 0 Å². The maximum Gasteiger partial charge on any atom is 0.347 e. The number of nitrogens with one attached hydrogen (secondary N) is 1. The van der Waals surface area contributed by atoms with Crippen LogP contribution in [0.25, 0.3) is 0 Å². The van der Waals surface area contributed by atoms with Crippen molar-refractivity contribution in [2.45, 2.75) is 51.4 Å². The highest BCUT2D eigenvalue weighted by Crippen LogP contribution is 2.27. The maximum atomic E-state index is 12.2. The highest BCUT2D eigenvalue weighted by atomic mass is 16.5. The number of anilines is 1. The molecule has 1 saturated heterocycles. The molecule has 3 N–H and O–H groups in total. The number of ether oxygens (including phenoxy) is 1. The molecule has 0 spiro atoms. The van der Waals surface area contributed by atoms with Crippen LogP contribution in [0, 0.1) is 11.8 Å². The second kappa shape index (κ2) is 10.5. The third-order valence-corrected chi connectivity index (χ3v) is 6.05. The zero-order chi connectivity index (χ0) is 19.8. The Kier molecular flexibility index (Phi) is 7.71. The van der Waals surface area contributed by atoms with E-state index in [1.165, 1.54) is 38.5 Å². The van der Waals surface area contributed by atoms with E-state index >= 15 is 0 Å². The van der Waals surface area contributed by atoms with Crippen LogP contribution in [0.1, 0.15) is 51.4 Å². The lowest BCUT2D eigenvalue weighted by atomic mass is 9.86. The minimum atomic E-state index is -0.426. The minimum Gasteiger partial charge on any atom is -0.497 e. The van der Waals surface area contributed by atoms with Gasteiger partial charge in [-0.2, -0.15) is 4.99 Å². The van der Waals surface area contributed by atoms with E-state index in [2.05, 4.69) is 15.2 Å². The van der Waals surface area contributed by atoms with Crippen molar-refractivity contribution in [2.75, 3.05) is 32.1 Å². The maximum absolute atomic E-state index is 12.2. The molecule has 0 radical (unpaired) electrons. The molecule has 1 aromatic carbocycles. The van der Waals surface area contributed by atoms with Crippen LogP contribution >= 0.6 is 0 Å². The van der Waals surface area contributed by atoms with Gasteiger partial charge in [-0.25, -0.2) is 4.79 Å². The van der Waals surface area contributed by atoms with Gasteiger partial charge in [-0.15, -0.1) is 0 Å². The number of carbonyl (C=O) groups excluding carboxylic acids is 1. The third kappa shape index (κ3) is 6.23. The molecule has 1 aliphatic carbocycles. The van der Waals surface area contributed by atoms with Crippen LogP contribution in [-0.2, 0) is 0 Å². The molecule has 3 rings (SSSR count). The van der Waals surface area contributed by atoms with Gasteiger partial charge >= 0.3 is 6.03 Å². The van der Waals surface area contributed by atoms with Crippen LogP contribution in [0.15, 0.2) is 29.3 Å². The van der Waals surface area contributed by atoms with Gasteiger partial charge in [0, 0.05) is 24.2 Å². The Balaban J connectivity index is 1.49. The average Bonchev–Trinajstić information content (AvgIpc) is 2.73. The Morgan fingerprint density at radius 1 is 1.25 bits per heavy atom. The average molecular weight is 387 g/mol. The number of hydrogen-bond acceptors (Lipinski definition) is 3. The predicted molar refractivity (Wildman–Crippen MR) is 114 cm³/mol. The van der Waals surface area contributed by atoms with Crippen LogP contribution in [-0.4, -0.2) is 43.5 Å². The van der Waals surface area contributed by atoms with Gasteiger partial charge in [0.05, 0.1) is 7.11 Å². The van der Waals surface area contributed by atoms with E-state index in [0.717, 1.165) is 38.4 Å². The number of amides is 2. The van der Waals surface area contributed by atoms with E-state index in [-0.39, 0.29) is 5.92 Å². The quantitative estimate of drug-likeness (QED) is 0.565. The number of piperidine rings is 1. The van der Waals surface area contributed by atoms with Gasteiger partial charge in [0.1, 0.15) is 11.6 Å². The van der Waals surface area contributed by atoms with Gasteiger partial charge in [-0.05, 0) is 50.4 Å². The van der Waals surface area contributed by atoms with E-state index in [0.29, 0.717) is 17.3 Å². The van der Waals surface area contributed by atoms with E-state index in [4.69, 9.17) is 10.5 Å². The summed E-state index contributed by atoms with van der Waals surface area (Å²) in [6.07, 6.45) is 10.4. The topological polar surface area (TPSA) is 79.9 Å². The molecule has 6 heteroatoms. The van der Waals surface area contributed by atoms with Crippen molar-refractivity contribution in [1.29, 1.82) is 0 Å². The fourth-order valence-electron chi connectivity index (χ4n) is 4.40. The van der Waals surface area contributed by atoms with Gasteiger partial charge in [0.15, 0.2) is 0 Å². The van der Waals surface area contributed by atoms with Crippen molar-refractivity contribution in [3.05, 3.63) is 24.3 Å². The Bertz CT molecular complexity index is 670. The Morgan fingerprint density at radius 2 is 2.07 bits per heavy atom. The summed E-state index contributed by atoms with van der Waals surface area (Å²) >= 11 is 0. The predicted octanol–water partition coefficient (Wildman–Crippen LogP) is 4.27. The molecule has 0 bridgehead atoms. The van der Waals surface area contributed by atoms with Crippen molar-refractivity contribution >= 4 is 17.6 Å². The molecule has 1 unspecified atom stereocenters. The molecular formula is C22H34N4O2. The van der Waals surface area contributed by atoms with Crippen LogP contribution in [0.4, 0.5) is 10.5 Å². The van der Waals surface area contributed by atoms with E-state index in [1.54, 1.807) is 19.2 Å². The lowest BCUT2D eigenvalue weighted by Gasteiger charge is -2.33. The number of nitrogens with two attached hydrogens (primary N) is 1. The van der Waals surface area contributed by atoms with Crippen molar-refractivity contribution in [2.24, 2.45) is 22.6 Å². The van der Waals surface area contributed by atoms with Gasteiger partial charge in [0.2, 0.25) is 0 Å². The highest BCUT2D eigenvalue weighted by Gasteiger charge is 2.24. The molecule has 6 nitrogen and oxygen atoms in total. The molecule has 1 heterocycles. The number of hydrogen-bond donors (Lipinski definition) is 2. The van der Waals surface area contributed by atoms with E-state index in [1.807, 2.05) is 12.1 Å². The first-order valence-electron chi connectivity index (χ1n) is 10.7. The first-order chi connectivity index (χ1) is 13.6. The molecule has 2 amide bonds. The minimum absolute atomic E-state index is 0.163. The normalized spacial score (nSPS) is 22.0. The monoisotopic (exact) mass is 386 g/mol. The third-order valence-electron chi connectivity index (χ3n) is 6.05. The van der Waals surface area contributed by atoms with Crippen molar-refractivity contribution in [3.63, 3.8) is 0 Å². The molecule has 1 aliphatic heterocycles. The zero-order valence-electron chi connectivity index (χ0n) is 17.0. The number of rotatable bonds is 6. The molecule has 2 fully saturated rings. The summed E-state index contributed by atoms with van der Waals surface area (Å²) < 4.78 is 5.17. The molecule has 28 heavy (non-hydrogen) atoms. The number of benzene rings is 1. The lowest BCUT2D eigenvalue weighted by molar-refractivity contribution is 0.182. The Morgan fingerprint density at radius 3 is 2.86 bits per heavy atom. The molecule has 154 valence electrons. The second-order valence-corrected chi connectivity index (χ2v) is 8.13. The van der Waals surface area contributed by atoms with Crippen LogP contribution in [0.2, 0.25) is 0 Å². The zero-order valence-corrected chi connectivity index (χ0v) is 17.0. The van der Waals surface area contributed by atoms with Crippen LogP contribution < -0.4 is 15.8 Å². The number of aliphatic imine (C=N–C) groups is 1. The first-order valence-corrected chi connectivity index (χ1v) is 10.7. The fourth-order valence-corrected chi connectivity index (χ4v) is 4.40. The summed E-state index contributed by atoms with van der Waals surface area (Å²) in [6.45, 7) is 3.19. The summed E-state index contributed by atoms with van der Waals surface area (Å²) in [7, 11) is 1.60. The Labute approximate surface area is 168 Å². The molecule has 1 aromatic rings. The smallest absolute Gasteiger partial charge is 0.347 e. The first kappa shape index (κ1) is 20.6. The SMILES string of the molecule is COc1cccc(NC(=O)/N=C(\N)C2CCCN(CCC3CCCCC3)C2)c1. The molecule has 1 saturated carbocycles. The van der Waals surface area contributed by atoms with Gasteiger partial charge < -0.3 is 20.7 Å². The molecule has 0 aromatic heterocycles. The summed E-state index contributed by atoms with van der Waals surface area (Å²) in [5.74, 6) is 2.20. The standard InChI is InChI=1S/C22H34N4O2/c1-28-20-11-5-10-19(15-20)24-22(27)25-21(23)18-9-6-13-26(16-18)14-12-17-7-3-2-4-8-17/h5,10-11,15,17-18H,2-4,6-9,12-14,16H2,1H3,(H3,23,24,25,27). The fraction of sp³-hybridized carbons (Fsp3) is 0.636. The second-order valence-electron chi connectivity index (χ2n) is 8.13. The summed E-state index contributed by atoms with van der Waals surface area (Å²) in [4.78, 5) is 18.9. The number of methoxy groups -OCH3 is 1. The highest BCUT2D eigenvalue weighted by molar-refractivity contribution is 6.00. The van der Waals surface area contributed by atoms with Crippen LogP contribution in [0.3, 0.4) is 0 Å². The van der Waals surface area contributed by atoms with E-state index in [9.17, 15) is 4.79 Å². The van der Waals surface area contributed by atoms with Gasteiger partial charge in [-0.1, -0.05) is 38.2 Å². The molecule has 1 atom stereocenters. The van der Waals surface area contributed by atoms with Crippen molar-refractivity contribution in [1.82, 2.24) is 4.90 Å². The van der Waals surface area contributed by atoms with Gasteiger partial charge in [-0.3, -0.25) is 0 Å². The summed E-state index contributed by atoms with van der Waals surface area (Å²) in [6, 6.07) is 6.80.